The van der Waals surface area contributed by atoms with E-state index in [1.807, 2.05) is 19.0 Å². The van der Waals surface area contributed by atoms with Crippen molar-refractivity contribution in [2.24, 2.45) is 10.9 Å². The Bertz CT molecular complexity index is 457. The molecule has 0 aromatic heterocycles. The molecule has 1 aliphatic rings. The molecule has 0 aromatic carbocycles. The molecule has 0 spiro atoms. The lowest BCUT2D eigenvalue weighted by Gasteiger charge is -2.29. The number of rotatable bonds is 6. The van der Waals surface area contributed by atoms with Crippen molar-refractivity contribution in [1.29, 1.82) is 0 Å². The molecule has 110 valence electrons. The third-order valence-corrected chi connectivity index (χ3v) is 2.89. The number of carbonyl (C=O) groups is 3. The van der Waals surface area contributed by atoms with Gasteiger partial charge in [0.05, 0.1) is 6.54 Å². The van der Waals surface area contributed by atoms with Crippen molar-refractivity contribution >= 4 is 23.6 Å². The van der Waals surface area contributed by atoms with Crippen LogP contribution in [0.2, 0.25) is 0 Å². The fourth-order valence-electron chi connectivity index (χ4n) is 1.80. The van der Waals surface area contributed by atoms with Gasteiger partial charge in [0.25, 0.3) is 0 Å². The third-order valence-electron chi connectivity index (χ3n) is 2.89. The van der Waals surface area contributed by atoms with Gasteiger partial charge in [-0.15, -0.1) is 6.58 Å². The molecule has 1 N–H and O–H groups in total. The van der Waals surface area contributed by atoms with E-state index in [0.29, 0.717) is 12.3 Å². The zero-order valence-corrected chi connectivity index (χ0v) is 12.0. The van der Waals surface area contributed by atoms with Gasteiger partial charge in [0.15, 0.2) is 5.92 Å². The van der Waals surface area contributed by atoms with E-state index in [9.17, 15) is 14.4 Å². The van der Waals surface area contributed by atoms with Crippen molar-refractivity contribution in [3.8, 4) is 0 Å². The Morgan fingerprint density at radius 2 is 2.10 bits per heavy atom. The van der Waals surface area contributed by atoms with E-state index in [0.717, 1.165) is 11.4 Å². The van der Waals surface area contributed by atoms with Crippen LogP contribution < -0.4 is 5.32 Å². The van der Waals surface area contributed by atoms with Crippen molar-refractivity contribution in [1.82, 2.24) is 15.1 Å². The lowest BCUT2D eigenvalue weighted by Crippen LogP contribution is -2.59. The summed E-state index contributed by atoms with van der Waals surface area (Å²) in [4.78, 5) is 42.7. The highest BCUT2D eigenvalue weighted by Crippen LogP contribution is 2.12. The molecule has 1 saturated heterocycles. The van der Waals surface area contributed by atoms with E-state index >= 15 is 0 Å². The van der Waals surface area contributed by atoms with Crippen LogP contribution in [0.25, 0.3) is 0 Å². The van der Waals surface area contributed by atoms with Gasteiger partial charge in [0.2, 0.25) is 11.8 Å². The van der Waals surface area contributed by atoms with Crippen LogP contribution in [0.4, 0.5) is 4.79 Å². The van der Waals surface area contributed by atoms with Crippen molar-refractivity contribution in [3.63, 3.8) is 0 Å². The minimum absolute atomic E-state index is 0.0689. The summed E-state index contributed by atoms with van der Waals surface area (Å²) in [7, 11) is 3.82. The maximum absolute atomic E-state index is 12.2. The van der Waals surface area contributed by atoms with Gasteiger partial charge < -0.3 is 4.90 Å². The van der Waals surface area contributed by atoms with Gasteiger partial charge in [-0.05, 0) is 21.0 Å². The van der Waals surface area contributed by atoms with Crippen molar-refractivity contribution in [2.45, 2.75) is 6.92 Å². The molecule has 1 unspecified atom stereocenters. The lowest BCUT2D eigenvalue weighted by molar-refractivity contribution is -0.139. The Labute approximate surface area is 118 Å². The normalized spacial score (nSPS) is 20.4. The molecule has 0 aliphatic carbocycles. The summed E-state index contributed by atoms with van der Waals surface area (Å²) < 4.78 is 0. The second-order valence-corrected chi connectivity index (χ2v) is 4.79. The zero-order valence-electron chi connectivity index (χ0n) is 12.0. The highest BCUT2D eigenvalue weighted by atomic mass is 16.2. The molecule has 1 aliphatic heterocycles. The molecular formula is C13H20N4O3. The second kappa shape index (κ2) is 6.95. The maximum atomic E-state index is 12.2. The number of nitrogens with zero attached hydrogens (tertiary/aromatic N) is 3. The van der Waals surface area contributed by atoms with Crippen LogP contribution in [0.1, 0.15) is 6.92 Å². The number of hydrogen-bond donors (Lipinski definition) is 1. The van der Waals surface area contributed by atoms with Crippen molar-refractivity contribution < 1.29 is 14.4 Å². The average Bonchev–Trinajstić information content (AvgIpc) is 2.33. The number of hydrogen-bond acceptors (Lipinski definition) is 5. The van der Waals surface area contributed by atoms with Crippen molar-refractivity contribution in [2.75, 3.05) is 33.7 Å². The van der Waals surface area contributed by atoms with Crippen molar-refractivity contribution in [3.05, 3.63) is 12.7 Å². The molecular weight excluding hydrogens is 260 g/mol. The minimum Gasteiger partial charge on any atom is -0.308 e. The zero-order chi connectivity index (χ0) is 15.3. The van der Waals surface area contributed by atoms with Gasteiger partial charge in [-0.2, -0.15) is 0 Å². The second-order valence-electron chi connectivity index (χ2n) is 4.79. The summed E-state index contributed by atoms with van der Waals surface area (Å²) >= 11 is 0. The maximum Gasteiger partial charge on any atom is 0.331 e. The van der Waals surface area contributed by atoms with Crippen LogP contribution in [0, 0.1) is 5.92 Å². The van der Waals surface area contributed by atoms with E-state index in [1.165, 1.54) is 6.08 Å². The molecule has 1 heterocycles. The van der Waals surface area contributed by atoms with Gasteiger partial charge in [-0.25, -0.2) is 4.79 Å². The summed E-state index contributed by atoms with van der Waals surface area (Å²) in [5.74, 6) is -2.20. The fourth-order valence-corrected chi connectivity index (χ4v) is 1.80. The number of nitrogens with one attached hydrogen (secondary N) is 1. The smallest absolute Gasteiger partial charge is 0.308 e. The molecule has 0 aromatic rings. The molecule has 1 fully saturated rings. The highest BCUT2D eigenvalue weighted by molar-refractivity contribution is 6.27. The van der Waals surface area contributed by atoms with Gasteiger partial charge in [0, 0.05) is 18.8 Å². The minimum atomic E-state index is -1.03. The van der Waals surface area contributed by atoms with E-state index in [1.54, 1.807) is 6.92 Å². The predicted molar refractivity (Wildman–Crippen MR) is 75.5 cm³/mol. The lowest BCUT2D eigenvalue weighted by atomic mass is 9.99. The van der Waals surface area contributed by atoms with Crippen LogP contribution in [0.15, 0.2) is 17.6 Å². The van der Waals surface area contributed by atoms with E-state index in [2.05, 4.69) is 16.9 Å². The average molecular weight is 280 g/mol. The van der Waals surface area contributed by atoms with Crippen LogP contribution in [0.5, 0.6) is 0 Å². The molecule has 7 heteroatoms. The Morgan fingerprint density at radius 1 is 1.45 bits per heavy atom. The predicted octanol–water partition coefficient (Wildman–Crippen LogP) is -0.110. The van der Waals surface area contributed by atoms with Crippen LogP contribution in [-0.4, -0.2) is 67.1 Å². The first kappa shape index (κ1) is 16.0. The summed E-state index contributed by atoms with van der Waals surface area (Å²) in [5, 5.41) is 2.16. The SMILES string of the molecule is C=CCN1C(=O)NC(=O)C(C(C)=NCCN(C)C)C1=O. The molecule has 7 nitrogen and oxygen atoms in total. The topological polar surface area (TPSA) is 82.1 Å². The quantitative estimate of drug-likeness (QED) is 0.418. The van der Waals surface area contributed by atoms with E-state index in [-0.39, 0.29) is 6.54 Å². The Balaban J connectivity index is 2.85. The van der Waals surface area contributed by atoms with E-state index in [4.69, 9.17) is 0 Å². The number of imide groups is 2. The Kier molecular flexibility index (Phi) is 5.57. The summed E-state index contributed by atoms with van der Waals surface area (Å²) in [5.41, 5.74) is 0.413. The molecule has 4 amide bonds. The standard InChI is InChI=1S/C13H20N4O3/c1-5-7-17-12(19)10(11(18)15-13(17)20)9(2)14-6-8-16(3)4/h5,10H,1,6-8H2,2-4H3,(H,15,18,20). The largest absolute Gasteiger partial charge is 0.331 e. The molecule has 0 saturated carbocycles. The van der Waals surface area contributed by atoms with Gasteiger partial charge in [0.1, 0.15) is 0 Å². The highest BCUT2D eigenvalue weighted by Gasteiger charge is 2.41. The number of likely N-dealkylation sites (N-methyl/N-ethyl adjacent to an activating group) is 1. The molecule has 1 atom stereocenters. The van der Waals surface area contributed by atoms with Crippen LogP contribution >= 0.6 is 0 Å². The first-order chi connectivity index (χ1) is 9.38. The van der Waals surface area contributed by atoms with Gasteiger partial charge in [-0.1, -0.05) is 6.08 Å². The van der Waals surface area contributed by atoms with Crippen LogP contribution in [-0.2, 0) is 9.59 Å². The number of urea groups is 1. The Hall–Kier alpha value is -2.02. The number of aliphatic imine (C=N–C) groups is 1. The third kappa shape index (κ3) is 3.74. The molecule has 0 radical (unpaired) electrons. The first-order valence-electron chi connectivity index (χ1n) is 6.31. The molecule has 20 heavy (non-hydrogen) atoms. The van der Waals surface area contributed by atoms with Gasteiger partial charge in [-0.3, -0.25) is 24.8 Å². The molecule has 1 rings (SSSR count). The monoisotopic (exact) mass is 280 g/mol. The number of amides is 4. The van der Waals surface area contributed by atoms with Crippen LogP contribution in [0.3, 0.4) is 0 Å². The number of barbiturate groups is 1. The summed E-state index contributed by atoms with van der Waals surface area (Å²) in [6.45, 7) is 6.39. The molecule has 0 bridgehead atoms. The van der Waals surface area contributed by atoms with Gasteiger partial charge >= 0.3 is 6.03 Å². The van der Waals surface area contributed by atoms with E-state index < -0.39 is 23.8 Å². The Morgan fingerprint density at radius 3 is 2.65 bits per heavy atom. The summed E-state index contributed by atoms with van der Waals surface area (Å²) in [6, 6.07) is -0.711. The summed E-state index contributed by atoms with van der Waals surface area (Å²) in [6.07, 6.45) is 1.43. The fraction of sp³-hybridized carbons (Fsp3) is 0.538. The number of carbonyl (C=O) groups excluding carboxylic acids is 3. The first-order valence-corrected chi connectivity index (χ1v) is 6.31.